The van der Waals surface area contributed by atoms with E-state index < -0.39 is 0 Å². The number of nitrogens with zero attached hydrogens (tertiary/aromatic N) is 1. The third-order valence-corrected chi connectivity index (χ3v) is 5.72. The zero-order valence-corrected chi connectivity index (χ0v) is 17.6. The molecule has 0 N–H and O–H groups in total. The first kappa shape index (κ1) is 19.8. The minimum atomic E-state index is -0.363. The van der Waals surface area contributed by atoms with Gasteiger partial charge in [0.25, 0.3) is 0 Å². The van der Waals surface area contributed by atoms with Gasteiger partial charge in [0.05, 0.1) is 5.56 Å². The Hall–Kier alpha value is -3.15. The predicted octanol–water partition coefficient (Wildman–Crippen LogP) is 5.76. The Bertz CT molecular complexity index is 1220. The topological polar surface area (TPSA) is 38.8 Å². The molecule has 0 aliphatic carbocycles. The molecule has 3 aromatic carbocycles. The van der Waals surface area contributed by atoms with Crippen LogP contribution in [-0.4, -0.2) is 17.4 Å². The molecule has 2 aliphatic rings. The van der Waals surface area contributed by atoms with Crippen molar-refractivity contribution in [2.45, 2.75) is 20.0 Å². The Kier molecular flexibility index (Phi) is 5.00. The molecule has 0 unspecified atom stereocenters. The van der Waals surface area contributed by atoms with Crippen molar-refractivity contribution in [2.75, 3.05) is 6.73 Å². The summed E-state index contributed by atoms with van der Waals surface area (Å²) >= 11 is 5.97. The van der Waals surface area contributed by atoms with Gasteiger partial charge in [-0.25, -0.2) is 4.39 Å². The van der Waals surface area contributed by atoms with Gasteiger partial charge in [0.15, 0.2) is 5.76 Å². The first-order chi connectivity index (χ1) is 15.0. The molecule has 2 heterocycles. The molecule has 0 spiro atoms. The molecule has 0 saturated carbocycles. The van der Waals surface area contributed by atoms with Crippen molar-refractivity contribution in [2.24, 2.45) is 0 Å². The maximum atomic E-state index is 13.5. The monoisotopic (exact) mass is 435 g/mol. The molecule has 4 nitrogen and oxygen atoms in total. The number of rotatable bonds is 3. The van der Waals surface area contributed by atoms with E-state index in [1.54, 1.807) is 18.2 Å². The molecule has 156 valence electrons. The van der Waals surface area contributed by atoms with E-state index in [1.807, 2.05) is 37.3 Å². The lowest BCUT2D eigenvalue weighted by molar-refractivity contribution is 0.0876. The summed E-state index contributed by atoms with van der Waals surface area (Å²) in [4.78, 5) is 15.1. The SMILES string of the molecule is Cc1c2c(cc3c1O/C(=C\c1cccc(F)c1)C3=O)CN(Cc1ccc(Cl)cc1)CO2. The number of Topliss-reactive ketones (excluding diaryl/α,β-unsaturated/α-hetero) is 1. The largest absolute Gasteiger partial charge is 0.477 e. The van der Waals surface area contributed by atoms with Gasteiger partial charge in [-0.3, -0.25) is 9.69 Å². The van der Waals surface area contributed by atoms with Gasteiger partial charge >= 0.3 is 0 Å². The van der Waals surface area contributed by atoms with Crippen LogP contribution in [0.1, 0.15) is 32.6 Å². The lowest BCUT2D eigenvalue weighted by atomic mass is 10.00. The fourth-order valence-electron chi connectivity index (χ4n) is 3.99. The van der Waals surface area contributed by atoms with Crippen molar-refractivity contribution < 1.29 is 18.7 Å². The first-order valence-corrected chi connectivity index (χ1v) is 10.3. The molecule has 0 bridgehead atoms. The summed E-state index contributed by atoms with van der Waals surface area (Å²) in [6.07, 6.45) is 1.57. The van der Waals surface area contributed by atoms with Crippen LogP contribution in [0.4, 0.5) is 4.39 Å². The molecule has 0 aromatic heterocycles. The van der Waals surface area contributed by atoms with Crippen LogP contribution in [0.5, 0.6) is 11.5 Å². The smallest absolute Gasteiger partial charge is 0.231 e. The summed E-state index contributed by atoms with van der Waals surface area (Å²) < 4.78 is 25.4. The van der Waals surface area contributed by atoms with Crippen molar-refractivity contribution in [3.05, 3.63) is 99.0 Å². The van der Waals surface area contributed by atoms with Crippen molar-refractivity contribution in [1.29, 1.82) is 0 Å². The van der Waals surface area contributed by atoms with Gasteiger partial charge in [0, 0.05) is 29.2 Å². The highest BCUT2D eigenvalue weighted by molar-refractivity contribution is 6.30. The van der Waals surface area contributed by atoms with Gasteiger partial charge in [-0.05, 0) is 54.5 Å². The number of allylic oxidation sites excluding steroid dienone is 1. The number of ether oxygens (including phenoxy) is 2. The molecule has 0 saturated heterocycles. The second-order valence-electron chi connectivity index (χ2n) is 7.75. The highest BCUT2D eigenvalue weighted by atomic mass is 35.5. The summed E-state index contributed by atoms with van der Waals surface area (Å²) in [5, 5.41) is 0.704. The Morgan fingerprint density at radius 1 is 1.13 bits per heavy atom. The normalized spacial score (nSPS) is 16.6. The van der Waals surface area contributed by atoms with E-state index in [0.29, 0.717) is 41.7 Å². The zero-order chi connectivity index (χ0) is 21.5. The predicted molar refractivity (Wildman–Crippen MR) is 117 cm³/mol. The van der Waals surface area contributed by atoms with Gasteiger partial charge in [0.1, 0.15) is 24.0 Å². The van der Waals surface area contributed by atoms with Gasteiger partial charge in [0.2, 0.25) is 5.78 Å². The van der Waals surface area contributed by atoms with Crippen molar-refractivity contribution >= 4 is 23.5 Å². The van der Waals surface area contributed by atoms with Crippen LogP contribution in [-0.2, 0) is 13.1 Å². The number of carbonyl (C=O) groups is 1. The number of fused-ring (bicyclic) bond motifs is 2. The van der Waals surface area contributed by atoms with Crippen LogP contribution in [0, 0.1) is 12.7 Å². The third kappa shape index (κ3) is 3.82. The van der Waals surface area contributed by atoms with E-state index in [1.165, 1.54) is 12.1 Å². The molecule has 2 aliphatic heterocycles. The van der Waals surface area contributed by atoms with Crippen LogP contribution < -0.4 is 9.47 Å². The first-order valence-electron chi connectivity index (χ1n) is 9.94. The van der Waals surface area contributed by atoms with E-state index in [4.69, 9.17) is 21.1 Å². The molecule has 0 fully saturated rings. The van der Waals surface area contributed by atoms with E-state index in [-0.39, 0.29) is 17.4 Å². The lowest BCUT2D eigenvalue weighted by Gasteiger charge is -2.30. The van der Waals surface area contributed by atoms with Gasteiger partial charge in [-0.15, -0.1) is 0 Å². The standard InChI is InChI=1S/C25H19ClFNO3/c1-15-24-18(13-28(14-30-24)12-16-5-7-19(26)8-6-16)11-21-23(29)22(31-25(15)21)10-17-3-2-4-20(27)9-17/h2-11H,12-14H2,1H3/b22-10-. The molecule has 6 heteroatoms. The zero-order valence-electron chi connectivity index (χ0n) is 16.8. The van der Waals surface area contributed by atoms with Gasteiger partial charge in [-0.1, -0.05) is 35.9 Å². The third-order valence-electron chi connectivity index (χ3n) is 5.47. The molecule has 0 radical (unpaired) electrons. The number of hydrogen-bond acceptors (Lipinski definition) is 4. The summed E-state index contributed by atoms with van der Waals surface area (Å²) in [5.74, 6) is 0.880. The van der Waals surface area contributed by atoms with Gasteiger partial charge < -0.3 is 9.47 Å². The maximum Gasteiger partial charge on any atom is 0.231 e. The van der Waals surface area contributed by atoms with Crippen LogP contribution in [0.3, 0.4) is 0 Å². The fraction of sp³-hybridized carbons (Fsp3) is 0.160. The van der Waals surface area contributed by atoms with Crippen LogP contribution in [0.25, 0.3) is 6.08 Å². The molecule has 0 amide bonds. The van der Waals surface area contributed by atoms with Gasteiger partial charge in [-0.2, -0.15) is 0 Å². The number of ketones is 1. The van der Waals surface area contributed by atoms with Crippen molar-refractivity contribution in [1.82, 2.24) is 4.90 Å². The summed E-state index contributed by atoms with van der Waals surface area (Å²) in [5.41, 5.74) is 3.96. The van der Waals surface area contributed by atoms with Crippen LogP contribution >= 0.6 is 11.6 Å². The van der Waals surface area contributed by atoms with Crippen LogP contribution in [0.2, 0.25) is 5.02 Å². The van der Waals surface area contributed by atoms with E-state index >= 15 is 0 Å². The van der Waals surface area contributed by atoms with Crippen molar-refractivity contribution in [3.63, 3.8) is 0 Å². The molecule has 31 heavy (non-hydrogen) atoms. The molecule has 0 atom stereocenters. The van der Waals surface area contributed by atoms with E-state index in [9.17, 15) is 9.18 Å². The van der Waals surface area contributed by atoms with Crippen molar-refractivity contribution in [3.8, 4) is 11.5 Å². The Morgan fingerprint density at radius 2 is 1.94 bits per heavy atom. The Labute approximate surface area is 184 Å². The minimum Gasteiger partial charge on any atom is -0.477 e. The fourth-order valence-corrected chi connectivity index (χ4v) is 4.12. The molecular formula is C25H19ClFNO3. The number of benzene rings is 3. The minimum absolute atomic E-state index is 0.184. The summed E-state index contributed by atoms with van der Waals surface area (Å²) in [6.45, 7) is 3.70. The maximum absolute atomic E-state index is 13.5. The van der Waals surface area contributed by atoms with Crippen LogP contribution in [0.15, 0.2) is 60.4 Å². The highest BCUT2D eigenvalue weighted by Gasteiger charge is 2.33. The average Bonchev–Trinajstić information content (AvgIpc) is 3.06. The number of carbonyl (C=O) groups excluding carboxylic acids is 1. The molecule has 5 rings (SSSR count). The second-order valence-corrected chi connectivity index (χ2v) is 8.18. The second kappa shape index (κ2) is 7.84. The molecular weight excluding hydrogens is 417 g/mol. The average molecular weight is 436 g/mol. The summed E-state index contributed by atoms with van der Waals surface area (Å²) in [7, 11) is 0. The number of hydrogen-bond donors (Lipinski definition) is 0. The van der Waals surface area contributed by atoms with E-state index in [2.05, 4.69) is 4.90 Å². The number of halogens is 2. The Balaban J connectivity index is 1.42. The van der Waals surface area contributed by atoms with E-state index in [0.717, 1.165) is 22.4 Å². The lowest BCUT2D eigenvalue weighted by Crippen LogP contribution is -2.32. The molecule has 3 aromatic rings. The Morgan fingerprint density at radius 3 is 2.71 bits per heavy atom. The quantitative estimate of drug-likeness (QED) is 0.490. The summed E-state index contributed by atoms with van der Waals surface area (Å²) in [6, 6.07) is 15.6. The highest BCUT2D eigenvalue weighted by Crippen LogP contribution is 2.43.